The van der Waals surface area contributed by atoms with Crippen LogP contribution in [0, 0.1) is 11.3 Å². The molecule has 0 aromatic heterocycles. The molecular formula is C16H20ClN3O. The van der Waals surface area contributed by atoms with Crippen molar-refractivity contribution in [3.63, 3.8) is 0 Å². The molecule has 0 aliphatic heterocycles. The number of nitriles is 1. The second-order valence-corrected chi connectivity index (χ2v) is 6.14. The maximum absolute atomic E-state index is 11.8. The Bertz CT molecular complexity index is 568. The molecule has 5 heteroatoms. The quantitative estimate of drug-likeness (QED) is 0.499. The van der Waals surface area contributed by atoms with Crippen LogP contribution in [0.4, 0.5) is 0 Å². The number of rotatable bonds is 5. The van der Waals surface area contributed by atoms with Gasteiger partial charge in [-0.05, 0) is 44.9 Å². The molecule has 112 valence electrons. The fourth-order valence-electron chi connectivity index (χ4n) is 1.64. The predicted molar refractivity (Wildman–Crippen MR) is 84.8 cm³/mol. The van der Waals surface area contributed by atoms with E-state index in [9.17, 15) is 4.79 Å². The Kier molecular flexibility index (Phi) is 6.26. The van der Waals surface area contributed by atoms with E-state index in [0.29, 0.717) is 11.6 Å². The van der Waals surface area contributed by atoms with Crippen LogP contribution in [0.1, 0.15) is 26.3 Å². The van der Waals surface area contributed by atoms with Crippen molar-refractivity contribution >= 4 is 17.5 Å². The first-order valence-corrected chi connectivity index (χ1v) is 7.10. The summed E-state index contributed by atoms with van der Waals surface area (Å²) in [6.07, 6.45) is 2.21. The van der Waals surface area contributed by atoms with Crippen LogP contribution in [0.15, 0.2) is 36.0 Å². The maximum Gasteiger partial charge on any atom is 0.263 e. The van der Waals surface area contributed by atoms with Crippen LogP contribution in [0.3, 0.4) is 0 Å². The van der Waals surface area contributed by atoms with Gasteiger partial charge in [0.15, 0.2) is 0 Å². The highest BCUT2D eigenvalue weighted by atomic mass is 35.5. The molecule has 0 heterocycles. The summed E-state index contributed by atoms with van der Waals surface area (Å²) < 4.78 is 0. The van der Waals surface area contributed by atoms with Crippen molar-refractivity contribution in [3.05, 3.63) is 46.6 Å². The SMILES string of the molecule is CC(C)(C)NC(=O)/C(C#N)=C\NCCc1cccc(Cl)c1. The summed E-state index contributed by atoms with van der Waals surface area (Å²) in [6, 6.07) is 9.49. The molecule has 0 saturated carbocycles. The molecule has 0 fully saturated rings. The number of halogens is 1. The van der Waals surface area contributed by atoms with Gasteiger partial charge in [0, 0.05) is 23.3 Å². The number of carbonyl (C=O) groups excluding carboxylic acids is 1. The third-order valence-electron chi connectivity index (χ3n) is 2.55. The van der Waals surface area contributed by atoms with Gasteiger partial charge in [-0.15, -0.1) is 0 Å². The molecule has 0 aliphatic rings. The Labute approximate surface area is 130 Å². The van der Waals surface area contributed by atoms with Crippen molar-refractivity contribution in [2.45, 2.75) is 32.7 Å². The Morgan fingerprint density at radius 2 is 2.14 bits per heavy atom. The van der Waals surface area contributed by atoms with Crippen LogP contribution in [0.25, 0.3) is 0 Å². The summed E-state index contributed by atoms with van der Waals surface area (Å²) >= 11 is 5.91. The Hall–Kier alpha value is -1.99. The van der Waals surface area contributed by atoms with Gasteiger partial charge in [-0.2, -0.15) is 5.26 Å². The summed E-state index contributed by atoms with van der Waals surface area (Å²) in [5, 5.41) is 15.4. The van der Waals surface area contributed by atoms with E-state index >= 15 is 0 Å². The lowest BCUT2D eigenvalue weighted by atomic mass is 10.1. The van der Waals surface area contributed by atoms with Gasteiger partial charge < -0.3 is 10.6 Å². The van der Waals surface area contributed by atoms with Gasteiger partial charge in [0.05, 0.1) is 0 Å². The second-order valence-electron chi connectivity index (χ2n) is 5.71. The van der Waals surface area contributed by atoms with Crippen molar-refractivity contribution in [2.75, 3.05) is 6.54 Å². The van der Waals surface area contributed by atoms with Gasteiger partial charge in [0.1, 0.15) is 11.6 Å². The zero-order chi connectivity index (χ0) is 15.9. The number of hydrogen-bond donors (Lipinski definition) is 2. The summed E-state index contributed by atoms with van der Waals surface area (Å²) in [4.78, 5) is 11.8. The fourth-order valence-corrected chi connectivity index (χ4v) is 1.85. The number of nitrogens with one attached hydrogen (secondary N) is 2. The topological polar surface area (TPSA) is 64.9 Å². The normalized spacial score (nSPS) is 11.7. The van der Waals surface area contributed by atoms with Crippen molar-refractivity contribution in [2.24, 2.45) is 0 Å². The molecule has 2 N–H and O–H groups in total. The summed E-state index contributed by atoms with van der Waals surface area (Å²) in [5.74, 6) is -0.375. The van der Waals surface area contributed by atoms with E-state index in [0.717, 1.165) is 12.0 Å². The van der Waals surface area contributed by atoms with Gasteiger partial charge >= 0.3 is 0 Å². The van der Waals surface area contributed by atoms with Gasteiger partial charge in [-0.3, -0.25) is 4.79 Å². The van der Waals surface area contributed by atoms with Crippen LogP contribution in [-0.4, -0.2) is 18.0 Å². The molecule has 0 radical (unpaired) electrons. The zero-order valence-electron chi connectivity index (χ0n) is 12.5. The van der Waals surface area contributed by atoms with Crippen LogP contribution < -0.4 is 10.6 Å². The van der Waals surface area contributed by atoms with Gasteiger partial charge in [-0.1, -0.05) is 23.7 Å². The van der Waals surface area contributed by atoms with E-state index in [4.69, 9.17) is 16.9 Å². The summed E-state index contributed by atoms with van der Waals surface area (Å²) in [7, 11) is 0. The molecule has 0 saturated heterocycles. The zero-order valence-corrected chi connectivity index (χ0v) is 13.3. The lowest BCUT2D eigenvalue weighted by molar-refractivity contribution is -0.118. The maximum atomic E-state index is 11.8. The molecule has 1 aromatic rings. The van der Waals surface area contributed by atoms with Crippen LogP contribution >= 0.6 is 11.6 Å². The average molecular weight is 306 g/mol. The Balaban J connectivity index is 2.50. The van der Waals surface area contributed by atoms with E-state index in [1.807, 2.05) is 51.1 Å². The van der Waals surface area contributed by atoms with E-state index in [2.05, 4.69) is 10.6 Å². The number of amides is 1. The van der Waals surface area contributed by atoms with E-state index in [-0.39, 0.29) is 17.0 Å². The number of nitrogens with zero attached hydrogens (tertiary/aromatic N) is 1. The van der Waals surface area contributed by atoms with Crippen LogP contribution in [-0.2, 0) is 11.2 Å². The molecule has 0 spiro atoms. The van der Waals surface area contributed by atoms with Gasteiger partial charge in [-0.25, -0.2) is 0 Å². The minimum Gasteiger partial charge on any atom is -0.389 e. The van der Waals surface area contributed by atoms with Gasteiger partial charge in [0.2, 0.25) is 0 Å². The standard InChI is InChI=1S/C16H20ClN3O/c1-16(2,3)20-15(21)13(10-18)11-19-8-7-12-5-4-6-14(17)9-12/h4-6,9,11,19H,7-8H2,1-3H3,(H,20,21)/b13-11-. The molecule has 21 heavy (non-hydrogen) atoms. The molecule has 1 aromatic carbocycles. The van der Waals surface area contributed by atoms with E-state index in [1.54, 1.807) is 0 Å². The molecule has 4 nitrogen and oxygen atoms in total. The lowest BCUT2D eigenvalue weighted by Crippen LogP contribution is -2.41. The monoisotopic (exact) mass is 305 g/mol. The first-order chi connectivity index (χ1) is 9.81. The minimum atomic E-state index is -0.375. The highest BCUT2D eigenvalue weighted by Gasteiger charge is 2.16. The number of benzene rings is 1. The lowest BCUT2D eigenvalue weighted by Gasteiger charge is -2.20. The first-order valence-electron chi connectivity index (χ1n) is 6.72. The Morgan fingerprint density at radius 3 is 2.71 bits per heavy atom. The highest BCUT2D eigenvalue weighted by molar-refractivity contribution is 6.30. The molecule has 0 atom stereocenters. The molecule has 1 rings (SSSR count). The van der Waals surface area contributed by atoms with Crippen LogP contribution in [0.2, 0.25) is 5.02 Å². The van der Waals surface area contributed by atoms with Crippen LogP contribution in [0.5, 0.6) is 0 Å². The molecule has 0 aliphatic carbocycles. The second kappa shape index (κ2) is 7.70. The first kappa shape index (κ1) is 17.1. The fraction of sp³-hybridized carbons (Fsp3) is 0.375. The smallest absolute Gasteiger partial charge is 0.263 e. The highest BCUT2D eigenvalue weighted by Crippen LogP contribution is 2.10. The molecule has 0 unspecified atom stereocenters. The van der Waals surface area contributed by atoms with Crippen molar-refractivity contribution < 1.29 is 4.79 Å². The van der Waals surface area contributed by atoms with Crippen molar-refractivity contribution in [3.8, 4) is 6.07 Å². The minimum absolute atomic E-state index is 0.0658. The third kappa shape index (κ3) is 6.82. The predicted octanol–water partition coefficient (Wildman–Crippen LogP) is 2.79. The summed E-state index contributed by atoms with van der Waals surface area (Å²) in [5.41, 5.74) is 0.797. The van der Waals surface area contributed by atoms with E-state index < -0.39 is 0 Å². The molecule has 0 bridgehead atoms. The Morgan fingerprint density at radius 1 is 1.43 bits per heavy atom. The largest absolute Gasteiger partial charge is 0.389 e. The average Bonchev–Trinajstić information content (AvgIpc) is 2.36. The van der Waals surface area contributed by atoms with Crippen molar-refractivity contribution in [1.82, 2.24) is 10.6 Å². The molecular weight excluding hydrogens is 286 g/mol. The molecule has 1 amide bonds. The van der Waals surface area contributed by atoms with E-state index in [1.165, 1.54) is 6.20 Å². The summed E-state index contributed by atoms with van der Waals surface area (Å²) in [6.45, 7) is 6.22. The third-order valence-corrected chi connectivity index (χ3v) is 2.78. The number of hydrogen-bond acceptors (Lipinski definition) is 3. The number of carbonyl (C=O) groups is 1. The van der Waals surface area contributed by atoms with Crippen molar-refractivity contribution in [1.29, 1.82) is 5.26 Å². The van der Waals surface area contributed by atoms with Gasteiger partial charge in [0.25, 0.3) is 5.91 Å².